The molecule has 0 bridgehead atoms. The van der Waals surface area contributed by atoms with Gasteiger partial charge in [-0.25, -0.2) is 0 Å². The lowest BCUT2D eigenvalue weighted by molar-refractivity contribution is 0.101. The lowest BCUT2D eigenvalue weighted by Crippen LogP contribution is -2.16. The van der Waals surface area contributed by atoms with Crippen molar-refractivity contribution >= 4 is 16.6 Å². The van der Waals surface area contributed by atoms with Crippen LogP contribution in [0, 0.1) is 0 Å². The second kappa shape index (κ2) is 4.98. The van der Waals surface area contributed by atoms with Gasteiger partial charge in [-0.05, 0) is 51.8 Å². The van der Waals surface area contributed by atoms with Crippen molar-refractivity contribution in [2.45, 2.75) is 59.3 Å². The fraction of sp³-hybridized carbons (Fsp3) is 0.450. The van der Waals surface area contributed by atoms with E-state index < -0.39 is 0 Å². The highest BCUT2D eigenvalue weighted by Gasteiger charge is 2.21. The van der Waals surface area contributed by atoms with Crippen molar-refractivity contribution in [3.8, 4) is 0 Å². The molecule has 2 aromatic rings. The zero-order chi connectivity index (χ0) is 16.0. The van der Waals surface area contributed by atoms with Gasteiger partial charge >= 0.3 is 0 Å². The molecule has 0 saturated heterocycles. The average molecular weight is 282 g/mol. The van der Waals surface area contributed by atoms with E-state index in [1.54, 1.807) is 6.92 Å². The third-order valence-electron chi connectivity index (χ3n) is 4.03. The van der Waals surface area contributed by atoms with Gasteiger partial charge in [0.25, 0.3) is 0 Å². The van der Waals surface area contributed by atoms with Gasteiger partial charge in [-0.3, -0.25) is 4.79 Å². The maximum atomic E-state index is 12.0. The zero-order valence-corrected chi connectivity index (χ0v) is 14.3. The molecule has 0 aliphatic rings. The number of rotatable bonds is 1. The van der Waals surface area contributed by atoms with Crippen LogP contribution in [0.2, 0.25) is 0 Å². The summed E-state index contributed by atoms with van der Waals surface area (Å²) in [5.74, 6) is 0.140. The number of carbonyl (C=O) groups is 1. The van der Waals surface area contributed by atoms with E-state index in [2.05, 4.69) is 65.8 Å². The third kappa shape index (κ3) is 3.18. The summed E-state index contributed by atoms with van der Waals surface area (Å²) in [6.07, 6.45) is 0. The normalized spacial score (nSPS) is 12.7. The fourth-order valence-corrected chi connectivity index (χ4v) is 2.68. The molecule has 0 aliphatic heterocycles. The number of hydrogen-bond acceptors (Lipinski definition) is 1. The predicted octanol–water partition coefficient (Wildman–Crippen LogP) is 5.64. The average Bonchev–Trinajstić information content (AvgIpc) is 2.34. The zero-order valence-electron chi connectivity index (χ0n) is 14.3. The molecule has 2 aromatic carbocycles. The number of carbonyl (C=O) groups excluding carboxylic acids is 1. The smallest absolute Gasteiger partial charge is 0.160 e. The molecule has 0 spiro atoms. The molecule has 112 valence electrons. The van der Waals surface area contributed by atoms with Crippen molar-refractivity contribution in [1.82, 2.24) is 0 Å². The molecule has 0 amide bonds. The van der Waals surface area contributed by atoms with Gasteiger partial charge in [0, 0.05) is 5.56 Å². The molecule has 2 rings (SSSR count). The van der Waals surface area contributed by atoms with E-state index in [1.165, 1.54) is 10.9 Å². The quantitative estimate of drug-likeness (QED) is 0.619. The van der Waals surface area contributed by atoms with Crippen molar-refractivity contribution in [3.63, 3.8) is 0 Å². The van der Waals surface area contributed by atoms with E-state index in [0.717, 1.165) is 16.5 Å². The Morgan fingerprint density at radius 2 is 1.43 bits per heavy atom. The highest BCUT2D eigenvalue weighted by atomic mass is 16.1. The summed E-state index contributed by atoms with van der Waals surface area (Å²) in [6, 6.07) is 10.8. The minimum Gasteiger partial charge on any atom is -0.295 e. The lowest BCUT2D eigenvalue weighted by atomic mass is 9.80. The molecular formula is C20H26O. The monoisotopic (exact) mass is 282 g/mol. The van der Waals surface area contributed by atoms with Gasteiger partial charge in [0.15, 0.2) is 5.78 Å². The molecule has 0 atom stereocenters. The summed E-state index contributed by atoms with van der Waals surface area (Å²) < 4.78 is 0. The lowest BCUT2D eigenvalue weighted by Gasteiger charge is -2.24. The minimum atomic E-state index is -0.0348. The summed E-state index contributed by atoms with van der Waals surface area (Å²) >= 11 is 0. The van der Waals surface area contributed by atoms with E-state index in [1.807, 2.05) is 6.07 Å². The third-order valence-corrected chi connectivity index (χ3v) is 4.03. The van der Waals surface area contributed by atoms with Gasteiger partial charge in [-0.15, -0.1) is 0 Å². The molecule has 0 radical (unpaired) electrons. The first kappa shape index (κ1) is 15.8. The molecule has 0 aromatic heterocycles. The maximum Gasteiger partial charge on any atom is 0.160 e. The van der Waals surface area contributed by atoms with Crippen LogP contribution in [0.3, 0.4) is 0 Å². The highest BCUT2D eigenvalue weighted by Crippen LogP contribution is 2.32. The minimum absolute atomic E-state index is 0.0348. The van der Waals surface area contributed by atoms with Crippen LogP contribution in [0.15, 0.2) is 30.3 Å². The number of Topliss-reactive ketones (excluding diaryl/α,β-unsaturated/α-hetero) is 1. The van der Waals surface area contributed by atoms with Crippen molar-refractivity contribution in [3.05, 3.63) is 47.0 Å². The van der Waals surface area contributed by atoms with Crippen LogP contribution in [0.5, 0.6) is 0 Å². The van der Waals surface area contributed by atoms with Gasteiger partial charge in [-0.2, -0.15) is 0 Å². The van der Waals surface area contributed by atoms with Crippen LogP contribution in [0.4, 0.5) is 0 Å². The molecule has 21 heavy (non-hydrogen) atoms. The molecule has 0 saturated carbocycles. The molecule has 0 aliphatic carbocycles. The molecule has 0 fully saturated rings. The van der Waals surface area contributed by atoms with Crippen LogP contribution in [0.25, 0.3) is 10.8 Å². The Kier molecular flexibility index (Phi) is 3.73. The first-order valence-corrected chi connectivity index (χ1v) is 7.60. The van der Waals surface area contributed by atoms with E-state index in [4.69, 9.17) is 0 Å². The summed E-state index contributed by atoms with van der Waals surface area (Å²) in [6.45, 7) is 14.8. The molecule has 1 heteroatoms. The number of ketones is 1. The summed E-state index contributed by atoms with van der Waals surface area (Å²) in [5.41, 5.74) is 3.40. The van der Waals surface area contributed by atoms with Gasteiger partial charge in [0.1, 0.15) is 0 Å². The van der Waals surface area contributed by atoms with Gasteiger partial charge in [-0.1, -0.05) is 59.7 Å². The number of benzene rings is 2. The summed E-state index contributed by atoms with van der Waals surface area (Å²) in [7, 11) is 0. The van der Waals surface area contributed by atoms with E-state index in [0.29, 0.717) is 0 Å². The number of hydrogen-bond donors (Lipinski definition) is 0. The second-order valence-electron chi connectivity index (χ2n) is 8.02. The first-order valence-electron chi connectivity index (χ1n) is 7.60. The van der Waals surface area contributed by atoms with E-state index in [9.17, 15) is 4.79 Å². The molecular weight excluding hydrogens is 256 g/mol. The Hall–Kier alpha value is -1.63. The van der Waals surface area contributed by atoms with Crippen molar-refractivity contribution in [2.24, 2.45) is 0 Å². The topological polar surface area (TPSA) is 17.1 Å². The van der Waals surface area contributed by atoms with Crippen molar-refractivity contribution in [2.75, 3.05) is 0 Å². The Bertz CT molecular complexity index is 694. The summed E-state index contributed by atoms with van der Waals surface area (Å²) in [4.78, 5) is 12.0. The maximum absolute atomic E-state index is 12.0. The SMILES string of the molecule is CC(=O)c1cc2ccc(C(C)(C)C)cc2cc1C(C)(C)C. The largest absolute Gasteiger partial charge is 0.295 e. The van der Waals surface area contributed by atoms with E-state index >= 15 is 0 Å². The summed E-state index contributed by atoms with van der Waals surface area (Å²) in [5, 5.41) is 2.36. The molecule has 0 N–H and O–H groups in total. The Balaban J connectivity index is 2.77. The fourth-order valence-electron chi connectivity index (χ4n) is 2.68. The Labute approximate surface area is 128 Å². The van der Waals surface area contributed by atoms with Gasteiger partial charge < -0.3 is 0 Å². The molecule has 1 nitrogen and oxygen atoms in total. The first-order chi connectivity index (χ1) is 9.50. The van der Waals surface area contributed by atoms with Crippen LogP contribution < -0.4 is 0 Å². The van der Waals surface area contributed by atoms with Crippen LogP contribution in [0.1, 0.15) is 70.0 Å². The highest BCUT2D eigenvalue weighted by molar-refractivity contribution is 6.00. The number of fused-ring (bicyclic) bond motifs is 1. The van der Waals surface area contributed by atoms with E-state index in [-0.39, 0.29) is 16.6 Å². The standard InChI is InChI=1S/C20H26O/c1-13(21)17-11-14-8-9-16(19(2,3)4)10-15(14)12-18(17)20(5,6)7/h8-12H,1-7H3. The van der Waals surface area contributed by atoms with Gasteiger partial charge in [0.2, 0.25) is 0 Å². The Morgan fingerprint density at radius 1 is 0.810 bits per heavy atom. The second-order valence-corrected chi connectivity index (χ2v) is 8.02. The van der Waals surface area contributed by atoms with Crippen LogP contribution in [-0.2, 0) is 10.8 Å². The van der Waals surface area contributed by atoms with Crippen LogP contribution >= 0.6 is 0 Å². The van der Waals surface area contributed by atoms with Gasteiger partial charge in [0.05, 0.1) is 0 Å². The van der Waals surface area contributed by atoms with Crippen molar-refractivity contribution < 1.29 is 4.79 Å². The molecule has 0 unspecified atom stereocenters. The predicted molar refractivity (Wildman–Crippen MR) is 91.4 cm³/mol. The van der Waals surface area contributed by atoms with Crippen LogP contribution in [-0.4, -0.2) is 5.78 Å². The van der Waals surface area contributed by atoms with Crippen molar-refractivity contribution in [1.29, 1.82) is 0 Å². The molecule has 0 heterocycles. The Morgan fingerprint density at radius 3 is 1.90 bits per heavy atom.